The summed E-state index contributed by atoms with van der Waals surface area (Å²) in [7, 11) is 1.81. The predicted molar refractivity (Wildman–Crippen MR) is 92.9 cm³/mol. The van der Waals surface area contributed by atoms with Gasteiger partial charge in [-0.15, -0.1) is 0 Å². The first-order valence-corrected chi connectivity index (χ1v) is 8.24. The number of likely N-dealkylation sites (N-methyl/N-ethyl adjacent to an activating group) is 1. The molecular formula is C19H25N3O. The highest BCUT2D eigenvalue weighted by Gasteiger charge is 2.24. The van der Waals surface area contributed by atoms with Gasteiger partial charge in [-0.25, -0.2) is 0 Å². The molecule has 1 aromatic rings. The monoisotopic (exact) mass is 311 g/mol. The number of hydrogen-bond acceptors (Lipinski definition) is 3. The highest BCUT2D eigenvalue weighted by molar-refractivity contribution is 5.97. The molecule has 0 spiro atoms. The molecule has 0 saturated heterocycles. The van der Waals surface area contributed by atoms with Crippen LogP contribution in [0.4, 0.5) is 5.69 Å². The summed E-state index contributed by atoms with van der Waals surface area (Å²) < 4.78 is 0. The Kier molecular flexibility index (Phi) is 5.81. The molecule has 4 heteroatoms. The van der Waals surface area contributed by atoms with Crippen LogP contribution in [0.1, 0.15) is 43.2 Å². The lowest BCUT2D eigenvalue weighted by Gasteiger charge is -2.31. The lowest BCUT2D eigenvalue weighted by Crippen LogP contribution is -2.39. The number of amides is 1. The van der Waals surface area contributed by atoms with Crippen molar-refractivity contribution in [2.45, 2.75) is 52.0 Å². The minimum absolute atomic E-state index is 0.152. The average molecular weight is 311 g/mol. The highest BCUT2D eigenvalue weighted by atomic mass is 16.2. The first kappa shape index (κ1) is 17.1. The Labute approximate surface area is 138 Å². The number of carbonyl (C=O) groups is 1. The van der Waals surface area contributed by atoms with Crippen molar-refractivity contribution < 1.29 is 4.79 Å². The van der Waals surface area contributed by atoms with Crippen LogP contribution in [-0.2, 0) is 4.79 Å². The fourth-order valence-electron chi connectivity index (χ4n) is 3.01. The van der Waals surface area contributed by atoms with Crippen molar-refractivity contribution in [2.24, 2.45) is 0 Å². The first-order valence-electron chi connectivity index (χ1n) is 8.24. The van der Waals surface area contributed by atoms with Crippen LogP contribution in [0.5, 0.6) is 0 Å². The van der Waals surface area contributed by atoms with Crippen LogP contribution in [0, 0.1) is 25.2 Å². The van der Waals surface area contributed by atoms with Crippen molar-refractivity contribution in [3.63, 3.8) is 0 Å². The molecule has 1 N–H and O–H groups in total. The van der Waals surface area contributed by atoms with Crippen LogP contribution in [0.25, 0.3) is 0 Å². The normalized spacial score (nSPS) is 15.8. The molecule has 0 radical (unpaired) electrons. The summed E-state index contributed by atoms with van der Waals surface area (Å²) in [5.74, 6) is -0.197. The van der Waals surface area contributed by atoms with Crippen molar-refractivity contribution in [1.29, 1.82) is 5.26 Å². The number of rotatable bonds is 4. The second kappa shape index (κ2) is 7.82. The Morgan fingerprint density at radius 3 is 2.65 bits per heavy atom. The molecule has 0 heterocycles. The summed E-state index contributed by atoms with van der Waals surface area (Å²) in [6.07, 6.45) is 7.16. The second-order valence-corrected chi connectivity index (χ2v) is 6.34. The van der Waals surface area contributed by atoms with Gasteiger partial charge in [-0.3, -0.25) is 4.79 Å². The fraction of sp³-hybridized carbons (Fsp3) is 0.474. The molecule has 4 nitrogen and oxygen atoms in total. The van der Waals surface area contributed by atoms with Gasteiger partial charge in [-0.05, 0) is 43.9 Å². The van der Waals surface area contributed by atoms with Crippen LogP contribution < -0.4 is 5.32 Å². The third-order valence-electron chi connectivity index (χ3n) is 4.56. The second-order valence-electron chi connectivity index (χ2n) is 6.34. The Morgan fingerprint density at radius 1 is 1.30 bits per heavy atom. The third kappa shape index (κ3) is 4.35. The molecule has 23 heavy (non-hydrogen) atoms. The third-order valence-corrected chi connectivity index (χ3v) is 4.56. The average Bonchev–Trinajstić information content (AvgIpc) is 2.58. The quantitative estimate of drug-likeness (QED) is 0.677. The van der Waals surface area contributed by atoms with Gasteiger partial charge in [-0.2, -0.15) is 5.26 Å². The Morgan fingerprint density at radius 2 is 2.00 bits per heavy atom. The molecule has 1 amide bonds. The molecule has 1 aliphatic carbocycles. The van der Waals surface area contributed by atoms with Gasteiger partial charge in [0.1, 0.15) is 11.6 Å². The standard InChI is InChI=1S/C19H25N3O/c1-14-9-10-15(2)18(11-14)21-13-16(12-20)19(23)22(3)17-7-5-4-6-8-17/h9-11,13,17,21H,4-8H2,1-3H3/b16-13-. The van der Waals surface area contributed by atoms with E-state index in [0.717, 1.165) is 42.5 Å². The molecule has 1 aromatic carbocycles. The maximum Gasteiger partial charge on any atom is 0.266 e. The van der Waals surface area contributed by atoms with E-state index >= 15 is 0 Å². The number of hydrogen-bond donors (Lipinski definition) is 1. The number of aryl methyl sites for hydroxylation is 2. The first-order chi connectivity index (χ1) is 11.0. The maximum atomic E-state index is 12.5. The molecule has 0 bridgehead atoms. The molecule has 2 rings (SSSR count). The van der Waals surface area contributed by atoms with Crippen LogP contribution >= 0.6 is 0 Å². The smallest absolute Gasteiger partial charge is 0.266 e. The van der Waals surface area contributed by atoms with E-state index in [1.807, 2.05) is 38.1 Å². The minimum atomic E-state index is -0.197. The SMILES string of the molecule is Cc1ccc(C)c(N/C=C(/C#N)C(=O)N(C)C2CCCCC2)c1. The Balaban J connectivity index is 2.10. The van der Waals surface area contributed by atoms with E-state index in [1.54, 1.807) is 11.9 Å². The predicted octanol–water partition coefficient (Wildman–Crippen LogP) is 3.91. The number of anilines is 1. The van der Waals surface area contributed by atoms with Crippen LogP contribution in [-0.4, -0.2) is 23.9 Å². The zero-order chi connectivity index (χ0) is 16.8. The maximum absolute atomic E-state index is 12.5. The topological polar surface area (TPSA) is 56.1 Å². The summed E-state index contributed by atoms with van der Waals surface area (Å²) in [5, 5.41) is 12.5. The van der Waals surface area contributed by atoms with E-state index in [-0.39, 0.29) is 17.5 Å². The van der Waals surface area contributed by atoms with Gasteiger partial charge in [0.15, 0.2) is 0 Å². The molecule has 122 valence electrons. The summed E-state index contributed by atoms with van der Waals surface area (Å²) in [6.45, 7) is 4.01. The fourth-order valence-corrected chi connectivity index (χ4v) is 3.01. The van der Waals surface area contributed by atoms with Crippen molar-refractivity contribution in [2.75, 3.05) is 12.4 Å². The van der Waals surface area contributed by atoms with Gasteiger partial charge in [0.25, 0.3) is 5.91 Å². The van der Waals surface area contributed by atoms with E-state index in [2.05, 4.69) is 5.32 Å². The van der Waals surface area contributed by atoms with E-state index < -0.39 is 0 Å². The van der Waals surface area contributed by atoms with E-state index in [4.69, 9.17) is 0 Å². The Bertz CT molecular complexity index is 637. The number of nitrogens with one attached hydrogen (secondary N) is 1. The zero-order valence-corrected chi connectivity index (χ0v) is 14.2. The molecule has 0 atom stereocenters. The molecule has 0 unspecified atom stereocenters. The van der Waals surface area contributed by atoms with Gasteiger partial charge in [0, 0.05) is 25.0 Å². The zero-order valence-electron chi connectivity index (χ0n) is 14.2. The van der Waals surface area contributed by atoms with Crippen molar-refractivity contribution in [3.8, 4) is 6.07 Å². The van der Waals surface area contributed by atoms with Crippen LogP contribution in [0.2, 0.25) is 0 Å². The van der Waals surface area contributed by atoms with E-state index in [0.29, 0.717) is 0 Å². The van der Waals surface area contributed by atoms with Gasteiger partial charge >= 0.3 is 0 Å². The van der Waals surface area contributed by atoms with E-state index in [9.17, 15) is 10.1 Å². The molecular weight excluding hydrogens is 286 g/mol. The number of nitriles is 1. The highest BCUT2D eigenvalue weighted by Crippen LogP contribution is 2.23. The van der Waals surface area contributed by atoms with Gasteiger partial charge in [0.05, 0.1) is 0 Å². The van der Waals surface area contributed by atoms with Gasteiger partial charge in [0.2, 0.25) is 0 Å². The summed E-state index contributed by atoms with van der Waals surface area (Å²) in [4.78, 5) is 14.3. The minimum Gasteiger partial charge on any atom is -0.360 e. The van der Waals surface area contributed by atoms with Gasteiger partial charge < -0.3 is 10.2 Å². The molecule has 0 aliphatic heterocycles. The summed E-state index contributed by atoms with van der Waals surface area (Å²) >= 11 is 0. The van der Waals surface area contributed by atoms with Crippen molar-refractivity contribution >= 4 is 11.6 Å². The molecule has 0 aromatic heterocycles. The van der Waals surface area contributed by atoms with Gasteiger partial charge in [-0.1, -0.05) is 31.4 Å². The molecule has 1 fully saturated rings. The molecule has 1 aliphatic rings. The number of carbonyl (C=O) groups excluding carboxylic acids is 1. The summed E-state index contributed by atoms with van der Waals surface area (Å²) in [5.41, 5.74) is 3.29. The lowest BCUT2D eigenvalue weighted by molar-refractivity contribution is -0.128. The van der Waals surface area contributed by atoms with Crippen LogP contribution in [0.3, 0.4) is 0 Å². The number of benzene rings is 1. The van der Waals surface area contributed by atoms with Crippen molar-refractivity contribution in [1.82, 2.24) is 4.90 Å². The number of nitrogens with zero attached hydrogens (tertiary/aromatic N) is 2. The van der Waals surface area contributed by atoms with Crippen molar-refractivity contribution in [3.05, 3.63) is 41.1 Å². The largest absolute Gasteiger partial charge is 0.360 e. The van der Waals surface area contributed by atoms with E-state index in [1.165, 1.54) is 12.6 Å². The lowest BCUT2D eigenvalue weighted by atomic mass is 9.94. The molecule has 1 saturated carbocycles. The summed E-state index contributed by atoms with van der Waals surface area (Å²) in [6, 6.07) is 8.36. The Hall–Kier alpha value is -2.28. The van der Waals surface area contributed by atoms with Crippen LogP contribution in [0.15, 0.2) is 30.0 Å².